The molecule has 2 aromatic heterocycles. The number of hydrogen-bond donors (Lipinski definition) is 0. The van der Waals surface area contributed by atoms with E-state index in [1.54, 1.807) is 32.6 Å². The zero-order chi connectivity index (χ0) is 25.4. The Balaban J connectivity index is 1.72. The van der Waals surface area contributed by atoms with E-state index >= 15 is 0 Å². The van der Waals surface area contributed by atoms with Gasteiger partial charge in [0.15, 0.2) is 5.76 Å². The molecular weight excluding hydrogens is 454 g/mol. The molecule has 0 saturated heterocycles. The molecule has 3 aromatic carbocycles. The molecule has 0 unspecified atom stereocenters. The van der Waals surface area contributed by atoms with Gasteiger partial charge in [-0.05, 0) is 72.0 Å². The number of furan rings is 1. The Labute approximate surface area is 208 Å². The predicted octanol–water partition coefficient (Wildman–Crippen LogP) is 6.14. The van der Waals surface area contributed by atoms with Crippen molar-refractivity contribution in [3.63, 3.8) is 0 Å². The molecule has 2 heterocycles. The minimum atomic E-state index is -0.283. The van der Waals surface area contributed by atoms with Gasteiger partial charge in [0.1, 0.15) is 17.1 Å². The third kappa shape index (κ3) is 4.02. The predicted molar refractivity (Wildman–Crippen MR) is 143 cm³/mol. The Morgan fingerprint density at radius 2 is 1.75 bits per heavy atom. The molecule has 0 aliphatic carbocycles. The lowest BCUT2D eigenvalue weighted by molar-refractivity contribution is 0.407. The number of rotatable bonds is 6. The summed E-state index contributed by atoms with van der Waals surface area (Å²) in [4.78, 5) is 18.3. The number of fused-ring (bicyclic) bond motifs is 2. The van der Waals surface area contributed by atoms with Crippen molar-refractivity contribution < 1.29 is 13.9 Å². The van der Waals surface area contributed by atoms with Crippen LogP contribution in [0, 0.1) is 6.92 Å². The number of methoxy groups -OCH3 is 2. The van der Waals surface area contributed by atoms with Gasteiger partial charge in [-0.1, -0.05) is 32.0 Å². The van der Waals surface area contributed by atoms with Crippen molar-refractivity contribution in [3.8, 4) is 23.1 Å². The quantitative estimate of drug-likeness (QED) is 0.272. The lowest BCUT2D eigenvalue weighted by Gasteiger charge is -2.14. The summed E-state index contributed by atoms with van der Waals surface area (Å²) in [6.07, 6.45) is 1.69. The second kappa shape index (κ2) is 9.34. The van der Waals surface area contributed by atoms with Gasteiger partial charge in [0, 0.05) is 0 Å². The number of benzene rings is 3. The van der Waals surface area contributed by atoms with E-state index < -0.39 is 0 Å². The molecule has 0 aliphatic rings. The van der Waals surface area contributed by atoms with Crippen LogP contribution < -0.4 is 15.0 Å². The van der Waals surface area contributed by atoms with Crippen LogP contribution >= 0.6 is 0 Å². The molecule has 36 heavy (non-hydrogen) atoms. The van der Waals surface area contributed by atoms with Gasteiger partial charge in [0.25, 0.3) is 5.56 Å². The molecule has 5 rings (SSSR count). The minimum Gasteiger partial charge on any atom is -0.496 e. The van der Waals surface area contributed by atoms with Crippen molar-refractivity contribution in [2.45, 2.75) is 26.7 Å². The Kier molecular flexibility index (Phi) is 6.06. The molecule has 7 heteroatoms. The zero-order valence-electron chi connectivity index (χ0n) is 20.9. The highest BCUT2D eigenvalue weighted by Gasteiger charge is 2.18. The highest BCUT2D eigenvalue weighted by molar-refractivity contribution is 5.89. The first kappa shape index (κ1) is 23.4. The third-order valence-corrected chi connectivity index (χ3v) is 6.27. The Bertz CT molecular complexity index is 1680. The van der Waals surface area contributed by atoms with Gasteiger partial charge in [-0.3, -0.25) is 4.79 Å². The van der Waals surface area contributed by atoms with Crippen LogP contribution in [-0.2, 0) is 0 Å². The normalized spacial score (nSPS) is 11.7. The Hall–Kier alpha value is -4.39. The molecule has 0 atom stereocenters. The summed E-state index contributed by atoms with van der Waals surface area (Å²) in [6.45, 7) is 6.21. The summed E-state index contributed by atoms with van der Waals surface area (Å²) in [7, 11) is 3.28. The van der Waals surface area contributed by atoms with Crippen LogP contribution in [0.4, 0.5) is 0 Å². The highest BCUT2D eigenvalue weighted by Crippen LogP contribution is 2.33. The van der Waals surface area contributed by atoms with E-state index in [0.717, 1.165) is 27.8 Å². The molecule has 0 amide bonds. The number of aryl methyl sites for hydroxylation is 1. The standard InChI is InChI=1S/C29H27N3O4/c1-17(2)21-14-19(18(3)13-26(21)35-5)16-30-32-28(31-23-10-7-6-9-20(23)29(32)33)27-15-22-24(34-4)11-8-12-25(22)36-27/h6-17H,1-5H3. The summed E-state index contributed by atoms with van der Waals surface area (Å²) in [5.41, 5.74) is 3.86. The molecule has 0 radical (unpaired) electrons. The first-order chi connectivity index (χ1) is 17.4. The van der Waals surface area contributed by atoms with Gasteiger partial charge in [0.05, 0.1) is 36.7 Å². The van der Waals surface area contributed by atoms with Crippen LogP contribution in [0.5, 0.6) is 11.5 Å². The zero-order valence-corrected chi connectivity index (χ0v) is 20.9. The monoisotopic (exact) mass is 481 g/mol. The molecule has 5 aromatic rings. The fraction of sp³-hybridized carbons (Fsp3) is 0.207. The van der Waals surface area contributed by atoms with Crippen LogP contribution in [0.25, 0.3) is 33.5 Å². The molecule has 182 valence electrons. The smallest absolute Gasteiger partial charge is 0.282 e. The van der Waals surface area contributed by atoms with Crippen LogP contribution in [0.2, 0.25) is 0 Å². The number of nitrogens with zero attached hydrogens (tertiary/aromatic N) is 3. The summed E-state index contributed by atoms with van der Waals surface area (Å²) in [6, 6.07) is 18.6. The maximum atomic E-state index is 13.6. The van der Waals surface area contributed by atoms with Crippen LogP contribution in [0.15, 0.2) is 75.0 Å². The van der Waals surface area contributed by atoms with E-state index in [1.165, 1.54) is 4.68 Å². The fourth-order valence-electron chi connectivity index (χ4n) is 4.32. The number of ether oxygens (including phenoxy) is 2. The first-order valence-electron chi connectivity index (χ1n) is 11.7. The van der Waals surface area contributed by atoms with Crippen molar-refractivity contribution in [1.29, 1.82) is 0 Å². The third-order valence-electron chi connectivity index (χ3n) is 6.27. The van der Waals surface area contributed by atoms with E-state index in [1.807, 2.05) is 55.5 Å². The van der Waals surface area contributed by atoms with Gasteiger partial charge >= 0.3 is 0 Å². The first-order valence-corrected chi connectivity index (χ1v) is 11.7. The molecule has 0 aliphatic heterocycles. The van der Waals surface area contributed by atoms with Crippen LogP contribution in [0.1, 0.15) is 36.5 Å². The van der Waals surface area contributed by atoms with Gasteiger partial charge < -0.3 is 13.9 Å². The average Bonchev–Trinajstić information content (AvgIpc) is 3.32. The molecule has 0 bridgehead atoms. The van der Waals surface area contributed by atoms with E-state index in [9.17, 15) is 4.79 Å². The van der Waals surface area contributed by atoms with Crippen molar-refractivity contribution in [2.24, 2.45) is 5.10 Å². The molecule has 7 nitrogen and oxygen atoms in total. The van der Waals surface area contributed by atoms with Crippen molar-refractivity contribution in [2.75, 3.05) is 14.2 Å². The Morgan fingerprint density at radius 1 is 0.972 bits per heavy atom. The van der Waals surface area contributed by atoms with Gasteiger partial charge in [-0.25, -0.2) is 4.98 Å². The maximum Gasteiger partial charge on any atom is 0.282 e. The molecule has 0 saturated carbocycles. The largest absolute Gasteiger partial charge is 0.496 e. The number of para-hydroxylation sites is 1. The number of aromatic nitrogens is 2. The molecule has 0 N–H and O–H groups in total. The average molecular weight is 482 g/mol. The van der Waals surface area contributed by atoms with Gasteiger partial charge in [-0.2, -0.15) is 9.78 Å². The summed E-state index contributed by atoms with van der Waals surface area (Å²) >= 11 is 0. The van der Waals surface area contributed by atoms with Crippen LogP contribution in [-0.4, -0.2) is 30.1 Å². The fourth-order valence-corrected chi connectivity index (χ4v) is 4.32. The van der Waals surface area contributed by atoms with Crippen LogP contribution in [0.3, 0.4) is 0 Å². The molecular formula is C29H27N3O4. The number of hydrogen-bond acceptors (Lipinski definition) is 6. The summed E-state index contributed by atoms with van der Waals surface area (Å²) < 4.78 is 18.4. The second-order valence-electron chi connectivity index (χ2n) is 8.90. The van der Waals surface area contributed by atoms with E-state index in [-0.39, 0.29) is 11.5 Å². The topological polar surface area (TPSA) is 78.8 Å². The van der Waals surface area contributed by atoms with Gasteiger partial charge in [-0.15, -0.1) is 0 Å². The summed E-state index contributed by atoms with van der Waals surface area (Å²) in [5.74, 6) is 2.50. The van der Waals surface area contributed by atoms with E-state index in [0.29, 0.717) is 33.8 Å². The Morgan fingerprint density at radius 3 is 2.50 bits per heavy atom. The maximum absolute atomic E-state index is 13.6. The van der Waals surface area contributed by atoms with Gasteiger partial charge in [0.2, 0.25) is 5.82 Å². The van der Waals surface area contributed by atoms with Crippen molar-refractivity contribution in [3.05, 3.63) is 87.7 Å². The van der Waals surface area contributed by atoms with Crippen molar-refractivity contribution in [1.82, 2.24) is 9.66 Å². The van der Waals surface area contributed by atoms with E-state index in [4.69, 9.17) is 18.9 Å². The SMILES string of the molecule is COc1cc(C)c(C=Nn2c(-c3cc4c(OC)cccc4o3)nc3ccccc3c2=O)cc1C(C)C. The lowest BCUT2D eigenvalue weighted by Crippen LogP contribution is -2.20. The highest BCUT2D eigenvalue weighted by atomic mass is 16.5. The van der Waals surface area contributed by atoms with E-state index in [2.05, 4.69) is 18.9 Å². The molecule has 0 spiro atoms. The lowest BCUT2D eigenvalue weighted by atomic mass is 9.97. The summed E-state index contributed by atoms with van der Waals surface area (Å²) in [5, 5.41) is 5.88. The van der Waals surface area contributed by atoms with Crippen molar-refractivity contribution >= 4 is 28.1 Å². The second-order valence-corrected chi connectivity index (χ2v) is 8.90. The molecule has 0 fully saturated rings. The minimum absolute atomic E-state index is 0.263.